The summed E-state index contributed by atoms with van der Waals surface area (Å²) in [5.74, 6) is -0.348. The number of carbonyl (C=O) groups is 3. The van der Waals surface area contributed by atoms with E-state index in [9.17, 15) is 14.4 Å². The third-order valence-corrected chi connectivity index (χ3v) is 3.21. The van der Waals surface area contributed by atoms with Crippen LogP contribution < -0.4 is 20.7 Å². The average Bonchev–Trinajstić information content (AvgIpc) is 2.54. The van der Waals surface area contributed by atoms with Gasteiger partial charge in [0.2, 0.25) is 11.8 Å². The fraction of sp³-hybridized carbons (Fsp3) is 0.167. The maximum Gasteiger partial charge on any atom is 0.255 e. The molecule has 0 aliphatic rings. The molecule has 2 rings (SSSR count). The Labute approximate surface area is 145 Å². The van der Waals surface area contributed by atoms with Crippen molar-refractivity contribution in [2.24, 2.45) is 0 Å². The minimum atomic E-state index is -0.370. The summed E-state index contributed by atoms with van der Waals surface area (Å²) in [6, 6.07) is 11.5. The monoisotopic (exact) mass is 341 g/mol. The summed E-state index contributed by atoms with van der Waals surface area (Å²) < 4.78 is 5.23. The summed E-state index contributed by atoms with van der Waals surface area (Å²) in [5.41, 5.74) is 1.86. The summed E-state index contributed by atoms with van der Waals surface area (Å²) >= 11 is 0. The third-order valence-electron chi connectivity index (χ3n) is 3.21. The summed E-state index contributed by atoms with van der Waals surface area (Å²) in [6.45, 7) is 2.79. The van der Waals surface area contributed by atoms with E-state index >= 15 is 0 Å². The summed E-state index contributed by atoms with van der Waals surface area (Å²) in [4.78, 5) is 34.8. The van der Waals surface area contributed by atoms with Crippen LogP contribution >= 0.6 is 0 Å². The first-order chi connectivity index (χ1) is 11.9. The first kappa shape index (κ1) is 18.0. The molecule has 3 amide bonds. The molecular weight excluding hydrogens is 322 g/mol. The second-order valence-corrected chi connectivity index (χ2v) is 5.31. The van der Waals surface area contributed by atoms with E-state index in [0.717, 1.165) is 0 Å². The summed E-state index contributed by atoms with van der Waals surface area (Å²) in [6.07, 6.45) is 0. The zero-order chi connectivity index (χ0) is 18.4. The Morgan fingerprint density at radius 2 is 1.48 bits per heavy atom. The molecule has 0 bridgehead atoms. The SMILES string of the molecule is COc1ccc(NC(C)=O)cc1NC(=O)c1cccc(NC(C)=O)c1. The summed E-state index contributed by atoms with van der Waals surface area (Å²) in [7, 11) is 1.49. The predicted molar refractivity (Wildman–Crippen MR) is 96.0 cm³/mol. The van der Waals surface area contributed by atoms with Crippen LogP contribution in [0.4, 0.5) is 17.1 Å². The van der Waals surface area contributed by atoms with Crippen LogP contribution in [0, 0.1) is 0 Å². The van der Waals surface area contributed by atoms with E-state index in [2.05, 4.69) is 16.0 Å². The van der Waals surface area contributed by atoms with Gasteiger partial charge in [0.05, 0.1) is 12.8 Å². The largest absolute Gasteiger partial charge is 0.495 e. The smallest absolute Gasteiger partial charge is 0.255 e. The molecule has 0 aliphatic carbocycles. The molecular formula is C18H19N3O4. The Hall–Kier alpha value is -3.35. The summed E-state index contributed by atoms with van der Waals surface area (Å²) in [5, 5.41) is 8.02. The number of rotatable bonds is 5. The lowest BCUT2D eigenvalue weighted by Crippen LogP contribution is -2.14. The van der Waals surface area contributed by atoms with Gasteiger partial charge < -0.3 is 20.7 Å². The van der Waals surface area contributed by atoms with E-state index in [4.69, 9.17) is 4.74 Å². The zero-order valence-electron chi connectivity index (χ0n) is 14.2. The van der Waals surface area contributed by atoms with E-state index in [1.807, 2.05) is 0 Å². The average molecular weight is 341 g/mol. The van der Waals surface area contributed by atoms with Gasteiger partial charge in [-0.25, -0.2) is 0 Å². The van der Waals surface area contributed by atoms with Crippen molar-refractivity contribution in [1.82, 2.24) is 0 Å². The highest BCUT2D eigenvalue weighted by Crippen LogP contribution is 2.28. The third kappa shape index (κ3) is 5.07. The van der Waals surface area contributed by atoms with Crippen LogP contribution in [0.15, 0.2) is 42.5 Å². The Kier molecular flexibility index (Phi) is 5.73. The van der Waals surface area contributed by atoms with Gasteiger partial charge in [0.25, 0.3) is 5.91 Å². The quantitative estimate of drug-likeness (QED) is 0.779. The van der Waals surface area contributed by atoms with Crippen LogP contribution in [0.3, 0.4) is 0 Å². The highest BCUT2D eigenvalue weighted by atomic mass is 16.5. The molecule has 0 saturated carbocycles. The van der Waals surface area contributed by atoms with Gasteiger partial charge in [0.15, 0.2) is 0 Å². The number of anilines is 3. The highest BCUT2D eigenvalue weighted by molar-refractivity contribution is 6.06. The van der Waals surface area contributed by atoms with E-state index in [0.29, 0.717) is 28.4 Å². The van der Waals surface area contributed by atoms with Gasteiger partial charge in [-0.3, -0.25) is 14.4 Å². The van der Waals surface area contributed by atoms with Crippen molar-refractivity contribution in [3.63, 3.8) is 0 Å². The molecule has 0 heterocycles. The number of hydrogen-bond acceptors (Lipinski definition) is 4. The molecule has 0 atom stereocenters. The van der Waals surface area contributed by atoms with Gasteiger partial charge in [-0.05, 0) is 36.4 Å². The molecule has 2 aromatic carbocycles. The molecule has 0 saturated heterocycles. The lowest BCUT2D eigenvalue weighted by Gasteiger charge is -2.13. The van der Waals surface area contributed by atoms with Crippen molar-refractivity contribution in [2.45, 2.75) is 13.8 Å². The van der Waals surface area contributed by atoms with Crippen molar-refractivity contribution in [1.29, 1.82) is 0 Å². The van der Waals surface area contributed by atoms with Crippen LogP contribution in [0.1, 0.15) is 24.2 Å². The molecule has 7 nitrogen and oxygen atoms in total. The van der Waals surface area contributed by atoms with Crippen LogP contribution in [0.2, 0.25) is 0 Å². The Balaban J connectivity index is 2.24. The van der Waals surface area contributed by atoms with Crippen LogP contribution in [0.25, 0.3) is 0 Å². The topological polar surface area (TPSA) is 96.5 Å². The number of methoxy groups -OCH3 is 1. The van der Waals surface area contributed by atoms with E-state index in [1.165, 1.54) is 21.0 Å². The number of ether oxygens (including phenoxy) is 1. The Bertz CT molecular complexity index is 818. The predicted octanol–water partition coefficient (Wildman–Crippen LogP) is 2.86. The fourth-order valence-corrected chi connectivity index (χ4v) is 2.22. The van der Waals surface area contributed by atoms with Gasteiger partial charge in [0, 0.05) is 30.8 Å². The van der Waals surface area contributed by atoms with Crippen LogP contribution in [0.5, 0.6) is 5.75 Å². The molecule has 0 spiro atoms. The standard InChI is InChI=1S/C18H19N3O4/c1-11(22)19-14-6-4-5-13(9-14)18(24)21-16-10-15(20-12(2)23)7-8-17(16)25-3/h4-10H,1-3H3,(H,19,22)(H,20,23)(H,21,24). The minimum Gasteiger partial charge on any atom is -0.495 e. The number of benzene rings is 2. The second-order valence-electron chi connectivity index (χ2n) is 5.31. The molecule has 2 aromatic rings. The zero-order valence-corrected chi connectivity index (χ0v) is 14.2. The maximum atomic E-state index is 12.5. The van der Waals surface area contributed by atoms with Crippen molar-refractivity contribution in [3.05, 3.63) is 48.0 Å². The van der Waals surface area contributed by atoms with E-state index in [-0.39, 0.29) is 17.7 Å². The molecule has 7 heteroatoms. The molecule has 0 unspecified atom stereocenters. The van der Waals surface area contributed by atoms with Crippen LogP contribution in [-0.2, 0) is 9.59 Å². The normalized spacial score (nSPS) is 9.88. The Morgan fingerprint density at radius 3 is 2.08 bits per heavy atom. The molecule has 0 aliphatic heterocycles. The number of nitrogens with one attached hydrogen (secondary N) is 3. The second kappa shape index (κ2) is 7.96. The number of carbonyl (C=O) groups excluding carboxylic acids is 3. The Morgan fingerprint density at radius 1 is 0.840 bits per heavy atom. The number of hydrogen-bond donors (Lipinski definition) is 3. The first-order valence-corrected chi connectivity index (χ1v) is 7.53. The van der Waals surface area contributed by atoms with Crippen molar-refractivity contribution >= 4 is 34.8 Å². The van der Waals surface area contributed by atoms with E-state index < -0.39 is 0 Å². The van der Waals surface area contributed by atoms with Crippen LogP contribution in [-0.4, -0.2) is 24.8 Å². The van der Waals surface area contributed by atoms with Gasteiger partial charge in [-0.1, -0.05) is 6.07 Å². The van der Waals surface area contributed by atoms with Gasteiger partial charge in [0.1, 0.15) is 5.75 Å². The number of amides is 3. The molecule has 130 valence electrons. The molecule has 0 fully saturated rings. The van der Waals surface area contributed by atoms with Crippen molar-refractivity contribution in [2.75, 3.05) is 23.1 Å². The van der Waals surface area contributed by atoms with Crippen molar-refractivity contribution < 1.29 is 19.1 Å². The lowest BCUT2D eigenvalue weighted by molar-refractivity contribution is -0.115. The van der Waals surface area contributed by atoms with Crippen molar-refractivity contribution in [3.8, 4) is 5.75 Å². The van der Waals surface area contributed by atoms with E-state index in [1.54, 1.807) is 42.5 Å². The van der Waals surface area contributed by atoms with Gasteiger partial charge in [-0.15, -0.1) is 0 Å². The fourth-order valence-electron chi connectivity index (χ4n) is 2.22. The molecule has 0 aromatic heterocycles. The maximum absolute atomic E-state index is 12.5. The minimum absolute atomic E-state index is 0.217. The van der Waals surface area contributed by atoms with Gasteiger partial charge in [-0.2, -0.15) is 0 Å². The first-order valence-electron chi connectivity index (χ1n) is 7.53. The molecule has 3 N–H and O–H groups in total. The van der Waals surface area contributed by atoms with Gasteiger partial charge >= 0.3 is 0 Å². The lowest BCUT2D eigenvalue weighted by atomic mass is 10.1. The highest BCUT2D eigenvalue weighted by Gasteiger charge is 2.12. The molecule has 25 heavy (non-hydrogen) atoms. The molecule has 0 radical (unpaired) electrons.